The van der Waals surface area contributed by atoms with Crippen LogP contribution in [0, 0.1) is 0 Å². The molecule has 0 saturated carbocycles. The first-order valence-corrected chi connectivity index (χ1v) is 6.45. The minimum absolute atomic E-state index is 0. The summed E-state index contributed by atoms with van der Waals surface area (Å²) in [4.78, 5) is 25.9. The number of aromatic nitrogens is 1. The van der Waals surface area contributed by atoms with Crippen molar-refractivity contribution >= 4 is 7.60 Å². The molecule has 0 fully saturated rings. The summed E-state index contributed by atoms with van der Waals surface area (Å²) in [5.74, 6) is 0. The largest absolute Gasteiger partial charge is 1.00 e. The number of nitrogens with two attached hydrogens (primary N) is 2. The molecule has 4 N–H and O–H groups in total. The molecule has 0 aliphatic rings. The molecule has 0 radical (unpaired) electrons. The van der Waals surface area contributed by atoms with Crippen molar-refractivity contribution < 1.29 is 73.5 Å². The molecule has 0 aliphatic heterocycles. The molecule has 0 aromatic carbocycles. The number of hydrogen-bond donors (Lipinski definition) is 2. The smallest absolute Gasteiger partial charge is 0.810 e. The van der Waals surface area contributed by atoms with Crippen molar-refractivity contribution in [1.82, 2.24) is 4.98 Å². The van der Waals surface area contributed by atoms with Crippen molar-refractivity contribution in [2.45, 2.75) is 18.1 Å². The minimum atomic E-state index is -4.75. The third kappa shape index (κ3) is 6.59. The van der Waals surface area contributed by atoms with Crippen molar-refractivity contribution in [1.29, 1.82) is 0 Å². The Kier molecular flexibility index (Phi) is 12.0. The van der Waals surface area contributed by atoms with E-state index in [2.05, 4.69) is 4.98 Å². The molecule has 9 heteroatoms. The minimum Gasteiger partial charge on any atom is -0.810 e. The van der Waals surface area contributed by atoms with Crippen LogP contribution in [0.1, 0.15) is 18.0 Å². The number of hydrogen-bond acceptors (Lipinski definition) is 6. The van der Waals surface area contributed by atoms with E-state index >= 15 is 0 Å². The summed E-state index contributed by atoms with van der Waals surface area (Å²) in [6.07, 6.45) is 3.05. The Labute approximate surface area is 151 Å². The summed E-state index contributed by atoms with van der Waals surface area (Å²) >= 11 is 0. The Hall–Kier alpha value is 1.22. The van der Waals surface area contributed by atoms with Gasteiger partial charge in [-0.15, -0.1) is 0 Å². The van der Waals surface area contributed by atoms with E-state index in [4.69, 9.17) is 11.5 Å². The fraction of sp³-hybridized carbons (Fsp3) is 0.444. The van der Waals surface area contributed by atoms with E-state index in [-0.39, 0.29) is 72.1 Å². The third-order valence-corrected chi connectivity index (χ3v) is 3.74. The monoisotopic (exact) mass is 289 g/mol. The fourth-order valence-corrected chi connectivity index (χ4v) is 2.53. The van der Waals surface area contributed by atoms with Gasteiger partial charge in [0.25, 0.3) is 0 Å². The van der Waals surface area contributed by atoms with Gasteiger partial charge in [0.15, 0.2) is 0 Å². The number of pyridine rings is 1. The molecule has 0 aliphatic carbocycles. The standard InChI is InChI=1S/C9H16N3O3P.2Na/c10-4-3-8(16(13,14)15)9(11)7-2-1-5-12-6-7;;/h1-2,5-6,8-9H,3-4,10-11H2,(H2,13,14,15);;/q;2*+1/p-2. The number of nitrogens with zero attached hydrogens (tertiary/aromatic N) is 1. The van der Waals surface area contributed by atoms with Crippen LogP contribution < -0.4 is 80.4 Å². The van der Waals surface area contributed by atoms with E-state index in [1.165, 1.54) is 6.20 Å². The quantitative estimate of drug-likeness (QED) is 0.409. The SMILES string of the molecule is NCCC(C(N)c1cccnc1)P(=O)([O-])[O-].[Na+].[Na+]. The molecular formula is C9H14N3Na2O3P. The summed E-state index contributed by atoms with van der Waals surface area (Å²) in [6, 6.07) is 2.39. The van der Waals surface area contributed by atoms with Crippen molar-refractivity contribution in [2.24, 2.45) is 11.5 Å². The normalized spacial score (nSPS) is 14.0. The average Bonchev–Trinajstić information content (AvgIpc) is 2.25. The zero-order valence-corrected chi connectivity index (χ0v) is 15.5. The van der Waals surface area contributed by atoms with E-state index in [9.17, 15) is 14.4 Å². The molecular weight excluding hydrogens is 275 g/mol. The molecule has 0 saturated heterocycles. The van der Waals surface area contributed by atoms with Gasteiger partial charge >= 0.3 is 59.1 Å². The Morgan fingerprint density at radius 1 is 1.39 bits per heavy atom. The van der Waals surface area contributed by atoms with Crippen LogP contribution in [0.4, 0.5) is 0 Å². The molecule has 1 aromatic heterocycles. The molecule has 18 heavy (non-hydrogen) atoms. The molecule has 1 rings (SSSR count). The van der Waals surface area contributed by atoms with Gasteiger partial charge in [-0.2, -0.15) is 0 Å². The van der Waals surface area contributed by atoms with Crippen LogP contribution in [0.2, 0.25) is 0 Å². The Balaban J connectivity index is 0. The maximum atomic E-state index is 11.1. The van der Waals surface area contributed by atoms with Gasteiger partial charge in [-0.3, -0.25) is 4.98 Å². The molecule has 2 atom stereocenters. The summed E-state index contributed by atoms with van der Waals surface area (Å²) in [7, 11) is -4.75. The molecule has 1 aromatic rings. The van der Waals surface area contributed by atoms with E-state index in [1.807, 2.05) is 0 Å². The predicted octanol–water partition coefficient (Wildman–Crippen LogP) is -7.28. The zero-order valence-electron chi connectivity index (χ0n) is 10.7. The van der Waals surface area contributed by atoms with E-state index in [0.717, 1.165) is 0 Å². The molecule has 0 amide bonds. The van der Waals surface area contributed by atoms with Gasteiger partial charge in [0.2, 0.25) is 0 Å². The molecule has 90 valence electrons. The van der Waals surface area contributed by atoms with Crippen LogP contribution in [0.3, 0.4) is 0 Å². The molecule has 0 bridgehead atoms. The Morgan fingerprint density at radius 3 is 2.39 bits per heavy atom. The average molecular weight is 289 g/mol. The second-order valence-corrected chi connectivity index (χ2v) is 5.24. The fourth-order valence-electron chi connectivity index (χ4n) is 1.50. The van der Waals surface area contributed by atoms with Crippen molar-refractivity contribution in [2.75, 3.05) is 6.54 Å². The van der Waals surface area contributed by atoms with Crippen LogP contribution in [-0.2, 0) is 4.57 Å². The van der Waals surface area contributed by atoms with Crippen molar-refractivity contribution in [3.63, 3.8) is 0 Å². The maximum Gasteiger partial charge on any atom is 1.00 e. The first-order valence-electron chi connectivity index (χ1n) is 4.84. The Morgan fingerprint density at radius 2 is 2.00 bits per heavy atom. The van der Waals surface area contributed by atoms with E-state index in [0.29, 0.717) is 5.56 Å². The summed E-state index contributed by atoms with van der Waals surface area (Å²) in [5.41, 5.74) is 10.4. The maximum absolute atomic E-state index is 11.1. The van der Waals surface area contributed by atoms with Gasteiger partial charge in [-0.25, -0.2) is 0 Å². The van der Waals surface area contributed by atoms with Crippen LogP contribution >= 0.6 is 7.60 Å². The van der Waals surface area contributed by atoms with Crippen LogP contribution in [-0.4, -0.2) is 17.2 Å². The van der Waals surface area contributed by atoms with Gasteiger partial charge in [0.1, 0.15) is 0 Å². The summed E-state index contributed by atoms with van der Waals surface area (Å²) < 4.78 is 11.1. The van der Waals surface area contributed by atoms with Crippen LogP contribution in [0.25, 0.3) is 0 Å². The third-order valence-electron chi connectivity index (χ3n) is 2.35. The molecule has 0 spiro atoms. The Bertz CT molecular complexity index is 377. The van der Waals surface area contributed by atoms with Gasteiger partial charge in [-0.05, 0) is 24.6 Å². The second kappa shape index (κ2) is 10.0. The van der Waals surface area contributed by atoms with Crippen molar-refractivity contribution in [3.8, 4) is 0 Å². The van der Waals surface area contributed by atoms with Gasteiger partial charge < -0.3 is 25.8 Å². The molecule has 6 nitrogen and oxygen atoms in total. The van der Waals surface area contributed by atoms with Gasteiger partial charge in [-0.1, -0.05) is 13.7 Å². The first kappa shape index (κ1) is 21.5. The van der Waals surface area contributed by atoms with Crippen molar-refractivity contribution in [3.05, 3.63) is 30.1 Å². The van der Waals surface area contributed by atoms with Gasteiger partial charge in [0, 0.05) is 24.1 Å². The first-order chi connectivity index (χ1) is 7.46. The van der Waals surface area contributed by atoms with Gasteiger partial charge in [0.05, 0.1) is 0 Å². The second-order valence-electron chi connectivity index (χ2n) is 3.50. The number of rotatable bonds is 5. The predicted molar refractivity (Wildman–Crippen MR) is 56.2 cm³/mol. The zero-order chi connectivity index (χ0) is 12.2. The topological polar surface area (TPSA) is 128 Å². The molecule has 1 heterocycles. The molecule has 2 unspecified atom stereocenters. The van der Waals surface area contributed by atoms with E-state index < -0.39 is 19.3 Å². The summed E-state index contributed by atoms with van der Waals surface area (Å²) in [6.45, 7) is 0.104. The van der Waals surface area contributed by atoms with Crippen LogP contribution in [0.15, 0.2) is 24.5 Å². The summed E-state index contributed by atoms with van der Waals surface area (Å²) in [5, 5.41) is 0. The van der Waals surface area contributed by atoms with Crippen LogP contribution in [0.5, 0.6) is 0 Å². The van der Waals surface area contributed by atoms with E-state index in [1.54, 1.807) is 18.3 Å².